The van der Waals surface area contributed by atoms with Gasteiger partial charge in [0.25, 0.3) is 0 Å². The van der Waals surface area contributed by atoms with Gasteiger partial charge in [0.2, 0.25) is 0 Å². The molecule has 1 rings (SSSR count). The Bertz CT molecular complexity index is 415. The fraction of sp³-hybridized carbons (Fsp3) is 0.941. The molecule has 0 aliphatic carbocycles. The standard InChI is InChI=1S/C17H33F3N4O.HI/c1-4-8-16(25,9-5-2)12-22-15(21-6-3)23-14-7-10-24(11-14)13-17(18,19)20;/h14,25H,4-13H2,1-3H3,(H2,21,22,23);1H. The summed E-state index contributed by atoms with van der Waals surface area (Å²) < 4.78 is 37.5. The Kier molecular flexibility index (Phi) is 12.1. The van der Waals surface area contributed by atoms with E-state index in [1.807, 2.05) is 20.8 Å². The highest BCUT2D eigenvalue weighted by atomic mass is 127. The molecule has 0 bridgehead atoms. The molecule has 3 N–H and O–H groups in total. The SMILES string of the molecule is CCCC(O)(CCC)CN=C(NCC)NC1CCN(CC(F)(F)F)C1.I. The van der Waals surface area contributed by atoms with E-state index in [0.29, 0.717) is 51.4 Å². The minimum Gasteiger partial charge on any atom is -0.388 e. The van der Waals surface area contributed by atoms with Gasteiger partial charge in [-0.15, -0.1) is 24.0 Å². The van der Waals surface area contributed by atoms with E-state index in [0.717, 1.165) is 12.8 Å². The van der Waals surface area contributed by atoms with Crippen LogP contribution in [-0.4, -0.2) is 66.5 Å². The van der Waals surface area contributed by atoms with Gasteiger partial charge in [0.05, 0.1) is 18.7 Å². The molecule has 0 aromatic rings. The number of likely N-dealkylation sites (tertiary alicyclic amines) is 1. The first-order chi connectivity index (χ1) is 11.7. The molecule has 1 aliphatic rings. The Labute approximate surface area is 172 Å². The molecule has 0 spiro atoms. The van der Waals surface area contributed by atoms with E-state index in [1.165, 1.54) is 4.90 Å². The Morgan fingerprint density at radius 2 is 1.81 bits per heavy atom. The molecule has 5 nitrogen and oxygen atoms in total. The van der Waals surface area contributed by atoms with Crippen molar-refractivity contribution in [1.82, 2.24) is 15.5 Å². The van der Waals surface area contributed by atoms with Gasteiger partial charge < -0.3 is 15.7 Å². The van der Waals surface area contributed by atoms with E-state index in [2.05, 4.69) is 15.6 Å². The van der Waals surface area contributed by atoms with Crippen LogP contribution in [0.5, 0.6) is 0 Å². The van der Waals surface area contributed by atoms with Gasteiger partial charge >= 0.3 is 6.18 Å². The molecular weight excluding hydrogens is 460 g/mol. The fourth-order valence-corrected chi connectivity index (χ4v) is 3.30. The highest BCUT2D eigenvalue weighted by molar-refractivity contribution is 14.0. The van der Waals surface area contributed by atoms with Crippen molar-refractivity contribution in [1.29, 1.82) is 0 Å². The van der Waals surface area contributed by atoms with Gasteiger partial charge in [-0.2, -0.15) is 13.2 Å². The van der Waals surface area contributed by atoms with E-state index < -0.39 is 18.3 Å². The second-order valence-electron chi connectivity index (χ2n) is 6.90. The van der Waals surface area contributed by atoms with Crippen LogP contribution >= 0.6 is 24.0 Å². The van der Waals surface area contributed by atoms with E-state index in [4.69, 9.17) is 0 Å². The molecule has 1 unspecified atom stereocenters. The molecule has 26 heavy (non-hydrogen) atoms. The number of guanidine groups is 1. The van der Waals surface area contributed by atoms with Crippen LogP contribution in [0.4, 0.5) is 13.2 Å². The number of aliphatic imine (C=N–C) groups is 1. The monoisotopic (exact) mass is 494 g/mol. The summed E-state index contributed by atoms with van der Waals surface area (Å²) in [5, 5.41) is 17.0. The van der Waals surface area contributed by atoms with E-state index in [1.54, 1.807) is 0 Å². The van der Waals surface area contributed by atoms with Crippen LogP contribution in [0.15, 0.2) is 4.99 Å². The lowest BCUT2D eigenvalue weighted by Crippen LogP contribution is -2.46. The number of nitrogens with zero attached hydrogens (tertiary/aromatic N) is 2. The summed E-state index contributed by atoms with van der Waals surface area (Å²) in [6.45, 7) is 6.85. The van der Waals surface area contributed by atoms with Gasteiger partial charge in [0.1, 0.15) is 0 Å². The predicted octanol–water partition coefficient (Wildman–Crippen LogP) is 3.13. The van der Waals surface area contributed by atoms with E-state index >= 15 is 0 Å². The largest absolute Gasteiger partial charge is 0.401 e. The maximum atomic E-state index is 12.5. The average molecular weight is 494 g/mol. The minimum absolute atomic E-state index is 0. The summed E-state index contributed by atoms with van der Waals surface area (Å²) in [5.41, 5.74) is -0.816. The molecule has 0 radical (unpaired) electrons. The number of alkyl halides is 3. The Hall–Kier alpha value is -0.290. The normalized spacial score (nSPS) is 19.3. The predicted molar refractivity (Wildman–Crippen MR) is 110 cm³/mol. The van der Waals surface area contributed by atoms with Crippen LogP contribution in [0, 0.1) is 0 Å². The average Bonchev–Trinajstić information content (AvgIpc) is 2.90. The maximum Gasteiger partial charge on any atom is 0.401 e. The fourth-order valence-electron chi connectivity index (χ4n) is 3.30. The van der Waals surface area contributed by atoms with Gasteiger partial charge in [0, 0.05) is 25.7 Å². The summed E-state index contributed by atoms with van der Waals surface area (Å²) in [6.07, 6.45) is -0.381. The van der Waals surface area contributed by atoms with Crippen LogP contribution in [0.2, 0.25) is 0 Å². The molecular formula is C17H34F3IN4O. The van der Waals surface area contributed by atoms with Gasteiger partial charge in [-0.25, -0.2) is 0 Å². The van der Waals surface area contributed by atoms with Crippen molar-refractivity contribution in [3.05, 3.63) is 0 Å². The first-order valence-electron chi connectivity index (χ1n) is 9.27. The first kappa shape index (κ1) is 25.7. The number of aliphatic hydroxyl groups is 1. The molecule has 0 aromatic carbocycles. The summed E-state index contributed by atoms with van der Waals surface area (Å²) >= 11 is 0. The number of hydrogen-bond donors (Lipinski definition) is 3. The van der Waals surface area contributed by atoms with Crippen LogP contribution in [-0.2, 0) is 0 Å². The van der Waals surface area contributed by atoms with Crippen molar-refractivity contribution in [2.45, 2.75) is 70.7 Å². The second-order valence-corrected chi connectivity index (χ2v) is 6.90. The Morgan fingerprint density at radius 1 is 1.19 bits per heavy atom. The summed E-state index contributed by atoms with van der Waals surface area (Å²) in [6, 6.07) is -0.0643. The molecule has 9 heteroatoms. The van der Waals surface area contributed by atoms with Gasteiger partial charge in [-0.05, 0) is 26.2 Å². The Morgan fingerprint density at radius 3 is 2.31 bits per heavy atom. The summed E-state index contributed by atoms with van der Waals surface area (Å²) in [5.74, 6) is 0.562. The van der Waals surface area contributed by atoms with Crippen LogP contribution in [0.25, 0.3) is 0 Å². The third-order valence-corrected chi connectivity index (χ3v) is 4.32. The first-order valence-corrected chi connectivity index (χ1v) is 9.27. The van der Waals surface area contributed by atoms with Crippen molar-refractivity contribution in [3.63, 3.8) is 0 Å². The number of halogens is 4. The zero-order chi connectivity index (χ0) is 18.9. The van der Waals surface area contributed by atoms with Gasteiger partial charge in [-0.1, -0.05) is 26.7 Å². The Balaban J connectivity index is 0.00000625. The lowest BCUT2D eigenvalue weighted by atomic mass is 9.93. The van der Waals surface area contributed by atoms with Crippen LogP contribution < -0.4 is 10.6 Å². The van der Waals surface area contributed by atoms with Gasteiger partial charge in [0.15, 0.2) is 5.96 Å². The summed E-state index contributed by atoms with van der Waals surface area (Å²) in [4.78, 5) is 5.90. The molecule has 0 amide bonds. The molecule has 0 aromatic heterocycles. The summed E-state index contributed by atoms with van der Waals surface area (Å²) in [7, 11) is 0. The molecule has 156 valence electrons. The van der Waals surface area contributed by atoms with Crippen molar-refractivity contribution in [2.75, 3.05) is 32.7 Å². The smallest absolute Gasteiger partial charge is 0.388 e. The molecule has 0 saturated carbocycles. The van der Waals surface area contributed by atoms with Crippen molar-refractivity contribution >= 4 is 29.9 Å². The zero-order valence-electron chi connectivity index (χ0n) is 16.0. The third-order valence-electron chi connectivity index (χ3n) is 4.32. The van der Waals surface area contributed by atoms with E-state index in [-0.39, 0.29) is 30.0 Å². The molecule has 1 fully saturated rings. The topological polar surface area (TPSA) is 59.9 Å². The number of hydrogen-bond acceptors (Lipinski definition) is 3. The number of rotatable bonds is 9. The minimum atomic E-state index is -4.16. The van der Waals surface area contributed by atoms with Crippen molar-refractivity contribution in [3.8, 4) is 0 Å². The quantitative estimate of drug-likeness (QED) is 0.262. The van der Waals surface area contributed by atoms with Crippen LogP contribution in [0.3, 0.4) is 0 Å². The van der Waals surface area contributed by atoms with Gasteiger partial charge in [-0.3, -0.25) is 9.89 Å². The molecule has 1 saturated heterocycles. The second kappa shape index (κ2) is 12.2. The highest BCUT2D eigenvalue weighted by Crippen LogP contribution is 2.21. The molecule has 1 atom stereocenters. The molecule has 1 heterocycles. The zero-order valence-corrected chi connectivity index (χ0v) is 18.4. The lowest BCUT2D eigenvalue weighted by molar-refractivity contribution is -0.143. The highest BCUT2D eigenvalue weighted by Gasteiger charge is 2.34. The molecule has 1 aliphatic heterocycles. The van der Waals surface area contributed by atoms with Crippen molar-refractivity contribution in [2.24, 2.45) is 4.99 Å². The van der Waals surface area contributed by atoms with Crippen LogP contribution in [0.1, 0.15) is 52.9 Å². The van der Waals surface area contributed by atoms with E-state index in [9.17, 15) is 18.3 Å². The third kappa shape index (κ3) is 10.1. The number of nitrogens with one attached hydrogen (secondary N) is 2. The lowest BCUT2D eigenvalue weighted by Gasteiger charge is -2.26. The van der Waals surface area contributed by atoms with Crippen molar-refractivity contribution < 1.29 is 18.3 Å². The maximum absolute atomic E-state index is 12.5.